The van der Waals surface area contributed by atoms with E-state index < -0.39 is 10.0 Å². The Balaban J connectivity index is 1.84. The predicted octanol–water partition coefficient (Wildman–Crippen LogP) is 0.666. The van der Waals surface area contributed by atoms with Crippen molar-refractivity contribution < 1.29 is 8.42 Å². The summed E-state index contributed by atoms with van der Waals surface area (Å²) in [5.41, 5.74) is 1.19. The lowest BCUT2D eigenvalue weighted by Gasteiger charge is -2.21. The van der Waals surface area contributed by atoms with Crippen LogP contribution in [0.2, 0.25) is 0 Å². The van der Waals surface area contributed by atoms with Crippen molar-refractivity contribution in [1.29, 1.82) is 0 Å². The minimum Gasteiger partial charge on any atom is -0.296 e. The Kier molecular flexibility index (Phi) is 4.82. The topological polar surface area (TPSA) is 58.4 Å². The molecule has 7 heteroatoms. The van der Waals surface area contributed by atoms with Gasteiger partial charge in [-0.2, -0.15) is 5.10 Å². The van der Waals surface area contributed by atoms with Crippen LogP contribution in [-0.2, 0) is 23.6 Å². The zero-order valence-corrected chi connectivity index (χ0v) is 13.3. The van der Waals surface area contributed by atoms with E-state index in [9.17, 15) is 8.42 Å². The van der Waals surface area contributed by atoms with E-state index in [2.05, 4.69) is 10.00 Å². The van der Waals surface area contributed by atoms with Gasteiger partial charge in [-0.1, -0.05) is 0 Å². The minimum absolute atomic E-state index is 0.219. The summed E-state index contributed by atoms with van der Waals surface area (Å²) >= 11 is 0. The summed E-state index contributed by atoms with van der Waals surface area (Å²) in [7, 11) is 2.01. The Bertz CT molecular complexity index is 534. The maximum Gasteiger partial charge on any atom is 0.213 e. The zero-order valence-electron chi connectivity index (χ0n) is 12.5. The molecule has 0 aliphatic heterocycles. The highest BCUT2D eigenvalue weighted by molar-refractivity contribution is 7.89. The summed E-state index contributed by atoms with van der Waals surface area (Å²) in [5, 5.41) is 4.18. The number of rotatable bonds is 8. The molecule has 0 aromatic carbocycles. The third-order valence-corrected chi connectivity index (χ3v) is 5.53. The van der Waals surface area contributed by atoms with E-state index in [1.807, 2.05) is 19.4 Å². The standard InChI is InChI=1S/C13H24N4O2S/c1-15(2)20(18,19)8-4-7-17(13-5-6-13)11-12-9-14-16(3)10-12/h9-10,13H,4-8,11H2,1-3H3. The van der Waals surface area contributed by atoms with Crippen LogP contribution in [0.3, 0.4) is 0 Å². The van der Waals surface area contributed by atoms with Gasteiger partial charge in [0.15, 0.2) is 0 Å². The zero-order chi connectivity index (χ0) is 14.8. The third kappa shape index (κ3) is 4.29. The van der Waals surface area contributed by atoms with Crippen molar-refractivity contribution in [2.75, 3.05) is 26.4 Å². The molecule has 0 saturated heterocycles. The molecule has 1 saturated carbocycles. The minimum atomic E-state index is -3.08. The van der Waals surface area contributed by atoms with Crippen LogP contribution in [0.15, 0.2) is 12.4 Å². The number of sulfonamides is 1. The molecule has 1 heterocycles. The van der Waals surface area contributed by atoms with Crippen LogP contribution >= 0.6 is 0 Å². The second-order valence-corrected chi connectivity index (χ2v) is 7.98. The van der Waals surface area contributed by atoms with Gasteiger partial charge in [-0.3, -0.25) is 9.58 Å². The molecule has 0 spiro atoms. The molecule has 0 atom stereocenters. The van der Waals surface area contributed by atoms with Crippen LogP contribution in [-0.4, -0.2) is 59.8 Å². The van der Waals surface area contributed by atoms with Crippen molar-refractivity contribution in [1.82, 2.24) is 19.0 Å². The summed E-state index contributed by atoms with van der Waals surface area (Å²) in [6, 6.07) is 0.622. The SMILES string of the molecule is CN(C)S(=O)(=O)CCCN(Cc1cnn(C)c1)C1CC1. The van der Waals surface area contributed by atoms with Crippen LogP contribution < -0.4 is 0 Å². The molecule has 2 rings (SSSR count). The van der Waals surface area contributed by atoms with Crippen molar-refractivity contribution >= 4 is 10.0 Å². The molecule has 1 aliphatic rings. The maximum absolute atomic E-state index is 11.8. The van der Waals surface area contributed by atoms with E-state index in [1.54, 1.807) is 18.8 Å². The monoisotopic (exact) mass is 300 g/mol. The highest BCUT2D eigenvalue weighted by atomic mass is 32.2. The number of aromatic nitrogens is 2. The van der Waals surface area contributed by atoms with Crippen molar-refractivity contribution in [2.45, 2.75) is 31.8 Å². The van der Waals surface area contributed by atoms with E-state index in [0.29, 0.717) is 12.5 Å². The number of aryl methyl sites for hydroxylation is 1. The van der Waals surface area contributed by atoms with E-state index >= 15 is 0 Å². The summed E-state index contributed by atoms with van der Waals surface area (Å²) in [4.78, 5) is 2.38. The second kappa shape index (κ2) is 6.24. The Morgan fingerprint density at radius 2 is 2.10 bits per heavy atom. The lowest BCUT2D eigenvalue weighted by molar-refractivity contribution is 0.255. The molecule has 1 aromatic rings. The van der Waals surface area contributed by atoms with Gasteiger partial charge in [-0.05, 0) is 25.8 Å². The molecule has 20 heavy (non-hydrogen) atoms. The van der Waals surface area contributed by atoms with Crippen molar-refractivity contribution in [3.05, 3.63) is 18.0 Å². The normalized spacial score (nSPS) is 16.2. The van der Waals surface area contributed by atoms with Gasteiger partial charge in [-0.25, -0.2) is 12.7 Å². The molecule has 1 aliphatic carbocycles. The molecule has 0 bridgehead atoms. The first-order valence-corrected chi connectivity index (χ1v) is 8.61. The number of hydrogen-bond donors (Lipinski definition) is 0. The average molecular weight is 300 g/mol. The first kappa shape index (κ1) is 15.5. The highest BCUT2D eigenvalue weighted by Crippen LogP contribution is 2.28. The quantitative estimate of drug-likeness (QED) is 0.708. The van der Waals surface area contributed by atoms with Gasteiger partial charge in [0, 0.05) is 45.5 Å². The van der Waals surface area contributed by atoms with Crippen LogP contribution in [0.1, 0.15) is 24.8 Å². The van der Waals surface area contributed by atoms with Gasteiger partial charge in [-0.15, -0.1) is 0 Å². The van der Waals surface area contributed by atoms with Crippen LogP contribution in [0.5, 0.6) is 0 Å². The molecule has 1 fully saturated rings. The Morgan fingerprint density at radius 3 is 2.60 bits per heavy atom. The largest absolute Gasteiger partial charge is 0.296 e. The summed E-state index contributed by atoms with van der Waals surface area (Å²) in [6.07, 6.45) is 7.02. The highest BCUT2D eigenvalue weighted by Gasteiger charge is 2.29. The van der Waals surface area contributed by atoms with E-state index in [0.717, 1.165) is 13.1 Å². The molecule has 0 unspecified atom stereocenters. The smallest absolute Gasteiger partial charge is 0.213 e. The number of nitrogens with zero attached hydrogens (tertiary/aromatic N) is 4. The van der Waals surface area contributed by atoms with Gasteiger partial charge < -0.3 is 0 Å². The Labute approximate surface area is 121 Å². The third-order valence-electron chi connectivity index (χ3n) is 3.61. The fraction of sp³-hybridized carbons (Fsp3) is 0.769. The van der Waals surface area contributed by atoms with Crippen molar-refractivity contribution in [3.63, 3.8) is 0 Å². The predicted molar refractivity (Wildman–Crippen MR) is 78.7 cm³/mol. The first-order valence-electron chi connectivity index (χ1n) is 7.00. The number of hydrogen-bond acceptors (Lipinski definition) is 4. The average Bonchev–Trinajstić information content (AvgIpc) is 3.12. The van der Waals surface area contributed by atoms with Crippen molar-refractivity contribution in [2.24, 2.45) is 7.05 Å². The fourth-order valence-corrected chi connectivity index (χ4v) is 3.11. The van der Waals surface area contributed by atoms with E-state index in [1.165, 1.54) is 22.7 Å². The Hall–Kier alpha value is -0.920. The lowest BCUT2D eigenvalue weighted by Crippen LogP contribution is -2.30. The summed E-state index contributed by atoms with van der Waals surface area (Å²) < 4.78 is 26.6. The molecule has 0 N–H and O–H groups in total. The Morgan fingerprint density at radius 1 is 1.40 bits per heavy atom. The second-order valence-electron chi connectivity index (χ2n) is 5.68. The van der Waals surface area contributed by atoms with Gasteiger partial charge in [0.2, 0.25) is 10.0 Å². The van der Waals surface area contributed by atoms with Gasteiger partial charge in [0.25, 0.3) is 0 Å². The maximum atomic E-state index is 11.8. The molecule has 6 nitrogen and oxygen atoms in total. The first-order chi connectivity index (χ1) is 9.38. The summed E-state index contributed by atoms with van der Waals surface area (Å²) in [5.74, 6) is 0.219. The van der Waals surface area contributed by atoms with Gasteiger partial charge in [0.05, 0.1) is 11.9 Å². The molecular formula is C13H24N4O2S. The molecular weight excluding hydrogens is 276 g/mol. The van der Waals surface area contributed by atoms with Crippen LogP contribution in [0.25, 0.3) is 0 Å². The van der Waals surface area contributed by atoms with E-state index in [4.69, 9.17) is 0 Å². The van der Waals surface area contributed by atoms with Gasteiger partial charge in [0.1, 0.15) is 0 Å². The van der Waals surface area contributed by atoms with Crippen LogP contribution in [0, 0.1) is 0 Å². The van der Waals surface area contributed by atoms with Gasteiger partial charge >= 0.3 is 0 Å². The lowest BCUT2D eigenvalue weighted by atomic mass is 10.3. The fourth-order valence-electron chi connectivity index (χ4n) is 2.25. The molecule has 0 radical (unpaired) electrons. The van der Waals surface area contributed by atoms with Crippen LogP contribution in [0.4, 0.5) is 0 Å². The van der Waals surface area contributed by atoms with Crippen molar-refractivity contribution in [3.8, 4) is 0 Å². The summed E-state index contributed by atoms with van der Waals surface area (Å²) in [6.45, 7) is 1.69. The molecule has 0 amide bonds. The molecule has 114 valence electrons. The van der Waals surface area contributed by atoms with E-state index in [-0.39, 0.29) is 5.75 Å². The molecule has 1 aromatic heterocycles.